The summed E-state index contributed by atoms with van der Waals surface area (Å²) in [6, 6.07) is 0. The van der Waals surface area contributed by atoms with Gasteiger partial charge in [0.25, 0.3) is 0 Å². The van der Waals surface area contributed by atoms with Crippen LogP contribution in [0.4, 0.5) is 0 Å². The molecule has 0 aromatic rings. The summed E-state index contributed by atoms with van der Waals surface area (Å²) in [6.45, 7) is 10.6. The third-order valence-corrected chi connectivity index (χ3v) is 3.19. The first kappa shape index (κ1) is 17.4. The smallest absolute Gasteiger partial charge is 0.308 e. The first-order valence-electron chi connectivity index (χ1n) is 6.58. The van der Waals surface area contributed by atoms with Gasteiger partial charge in [0, 0.05) is 5.92 Å². The van der Waals surface area contributed by atoms with E-state index in [2.05, 4.69) is 0 Å². The van der Waals surface area contributed by atoms with Crippen molar-refractivity contribution >= 4 is 5.97 Å². The normalized spacial score (nSPS) is 16.2. The van der Waals surface area contributed by atoms with Gasteiger partial charge in [-0.3, -0.25) is 4.79 Å². The fourth-order valence-corrected chi connectivity index (χ4v) is 1.61. The number of esters is 1. The van der Waals surface area contributed by atoms with Crippen molar-refractivity contribution in [1.29, 1.82) is 0 Å². The second-order valence-corrected chi connectivity index (χ2v) is 6.31. The minimum atomic E-state index is -0.990. The standard InChI is InChI=1S/C14H28O4/c1-7-10(2)12(15)18-9-11(14(5,6)17)8-13(3,4)16/h10-11,16-17H,7-9H2,1-6H3. The van der Waals surface area contributed by atoms with E-state index < -0.39 is 11.2 Å². The highest BCUT2D eigenvalue weighted by atomic mass is 16.5. The van der Waals surface area contributed by atoms with Gasteiger partial charge in [-0.05, 0) is 40.5 Å². The number of aliphatic hydroxyl groups is 2. The van der Waals surface area contributed by atoms with Crippen LogP contribution in [0.3, 0.4) is 0 Å². The van der Waals surface area contributed by atoms with Gasteiger partial charge in [0.05, 0.1) is 23.7 Å². The van der Waals surface area contributed by atoms with Crippen LogP contribution in [0.25, 0.3) is 0 Å². The fourth-order valence-electron chi connectivity index (χ4n) is 1.61. The topological polar surface area (TPSA) is 66.8 Å². The van der Waals surface area contributed by atoms with Crippen molar-refractivity contribution in [1.82, 2.24) is 0 Å². The van der Waals surface area contributed by atoms with Crippen LogP contribution in [0.1, 0.15) is 54.4 Å². The number of rotatable bonds is 7. The average Bonchev–Trinajstić information content (AvgIpc) is 2.19. The zero-order chi connectivity index (χ0) is 14.6. The predicted molar refractivity (Wildman–Crippen MR) is 71.1 cm³/mol. The molecule has 0 aliphatic heterocycles. The van der Waals surface area contributed by atoms with Gasteiger partial charge in [-0.15, -0.1) is 0 Å². The lowest BCUT2D eigenvalue weighted by atomic mass is 9.83. The van der Waals surface area contributed by atoms with E-state index in [0.717, 1.165) is 6.42 Å². The molecule has 0 heterocycles. The van der Waals surface area contributed by atoms with Crippen molar-refractivity contribution in [3.63, 3.8) is 0 Å². The Bertz CT molecular complexity index is 260. The Morgan fingerprint density at radius 1 is 1.22 bits per heavy atom. The molecule has 0 rings (SSSR count). The maximum atomic E-state index is 11.6. The molecule has 4 nitrogen and oxygen atoms in total. The molecule has 0 bridgehead atoms. The Labute approximate surface area is 110 Å². The van der Waals surface area contributed by atoms with Crippen LogP contribution < -0.4 is 0 Å². The molecule has 0 aromatic heterocycles. The van der Waals surface area contributed by atoms with E-state index >= 15 is 0 Å². The molecule has 2 N–H and O–H groups in total. The minimum Gasteiger partial charge on any atom is -0.465 e. The summed E-state index contributed by atoms with van der Waals surface area (Å²) in [5.74, 6) is -0.664. The van der Waals surface area contributed by atoms with Crippen LogP contribution in [0, 0.1) is 11.8 Å². The number of hydrogen-bond donors (Lipinski definition) is 2. The summed E-state index contributed by atoms with van der Waals surface area (Å²) in [4.78, 5) is 11.6. The Hall–Kier alpha value is -0.610. The molecule has 0 saturated heterocycles. The molecule has 2 unspecified atom stereocenters. The molecule has 0 saturated carbocycles. The van der Waals surface area contributed by atoms with Gasteiger partial charge in [-0.25, -0.2) is 0 Å². The van der Waals surface area contributed by atoms with Crippen molar-refractivity contribution < 1.29 is 19.7 Å². The largest absolute Gasteiger partial charge is 0.465 e. The summed E-state index contributed by atoms with van der Waals surface area (Å²) >= 11 is 0. The van der Waals surface area contributed by atoms with E-state index in [9.17, 15) is 15.0 Å². The van der Waals surface area contributed by atoms with Gasteiger partial charge in [-0.2, -0.15) is 0 Å². The Kier molecular flexibility index (Phi) is 6.30. The fraction of sp³-hybridized carbons (Fsp3) is 0.929. The molecule has 108 valence electrons. The highest BCUT2D eigenvalue weighted by molar-refractivity contribution is 5.71. The zero-order valence-corrected chi connectivity index (χ0v) is 12.5. The summed E-state index contributed by atoms with van der Waals surface area (Å²) in [5.41, 5.74) is -1.89. The summed E-state index contributed by atoms with van der Waals surface area (Å²) in [7, 11) is 0. The van der Waals surface area contributed by atoms with Crippen LogP contribution >= 0.6 is 0 Å². The third-order valence-electron chi connectivity index (χ3n) is 3.19. The van der Waals surface area contributed by atoms with Gasteiger partial charge in [0.15, 0.2) is 0 Å². The maximum absolute atomic E-state index is 11.6. The van der Waals surface area contributed by atoms with Gasteiger partial charge in [0.2, 0.25) is 0 Å². The van der Waals surface area contributed by atoms with Crippen molar-refractivity contribution in [3.8, 4) is 0 Å². The summed E-state index contributed by atoms with van der Waals surface area (Å²) < 4.78 is 5.22. The van der Waals surface area contributed by atoms with Crippen LogP contribution in [-0.4, -0.2) is 34.0 Å². The molecular weight excluding hydrogens is 232 g/mol. The lowest BCUT2D eigenvalue weighted by molar-refractivity contribution is -0.153. The lowest BCUT2D eigenvalue weighted by Gasteiger charge is -2.33. The van der Waals surface area contributed by atoms with E-state index in [-0.39, 0.29) is 24.4 Å². The monoisotopic (exact) mass is 260 g/mol. The van der Waals surface area contributed by atoms with Crippen molar-refractivity contribution in [2.45, 2.75) is 65.6 Å². The van der Waals surface area contributed by atoms with Crippen LogP contribution in [0.5, 0.6) is 0 Å². The van der Waals surface area contributed by atoms with Crippen LogP contribution in [0.2, 0.25) is 0 Å². The second kappa shape index (κ2) is 6.53. The summed E-state index contributed by atoms with van der Waals surface area (Å²) in [6.07, 6.45) is 1.11. The van der Waals surface area contributed by atoms with Gasteiger partial charge in [-0.1, -0.05) is 13.8 Å². The van der Waals surface area contributed by atoms with E-state index in [0.29, 0.717) is 6.42 Å². The van der Waals surface area contributed by atoms with Crippen LogP contribution in [0.15, 0.2) is 0 Å². The first-order valence-corrected chi connectivity index (χ1v) is 6.58. The molecule has 0 radical (unpaired) electrons. The quantitative estimate of drug-likeness (QED) is 0.688. The number of carbonyl (C=O) groups excluding carboxylic acids is 1. The summed E-state index contributed by atoms with van der Waals surface area (Å²) in [5, 5.41) is 19.9. The van der Waals surface area contributed by atoms with Gasteiger partial charge < -0.3 is 14.9 Å². The Morgan fingerprint density at radius 2 is 1.72 bits per heavy atom. The second-order valence-electron chi connectivity index (χ2n) is 6.31. The lowest BCUT2D eigenvalue weighted by Crippen LogP contribution is -2.40. The number of carbonyl (C=O) groups is 1. The molecule has 0 aliphatic carbocycles. The van der Waals surface area contributed by atoms with Crippen molar-refractivity contribution in [2.24, 2.45) is 11.8 Å². The highest BCUT2D eigenvalue weighted by Crippen LogP contribution is 2.26. The highest BCUT2D eigenvalue weighted by Gasteiger charge is 2.33. The number of hydrogen-bond acceptors (Lipinski definition) is 4. The van der Waals surface area contributed by atoms with Gasteiger partial charge in [0.1, 0.15) is 0 Å². The molecule has 4 heteroatoms. The molecule has 0 fully saturated rings. The van der Waals surface area contributed by atoms with Gasteiger partial charge >= 0.3 is 5.97 Å². The molecule has 0 aromatic carbocycles. The molecule has 18 heavy (non-hydrogen) atoms. The molecule has 0 spiro atoms. The van der Waals surface area contributed by atoms with Crippen LogP contribution in [-0.2, 0) is 9.53 Å². The first-order chi connectivity index (χ1) is 7.97. The van der Waals surface area contributed by atoms with E-state index in [1.165, 1.54) is 0 Å². The van der Waals surface area contributed by atoms with Crippen molar-refractivity contribution in [2.75, 3.05) is 6.61 Å². The molecular formula is C14H28O4. The average molecular weight is 260 g/mol. The Morgan fingerprint density at radius 3 is 2.06 bits per heavy atom. The van der Waals surface area contributed by atoms with E-state index in [1.54, 1.807) is 27.7 Å². The van der Waals surface area contributed by atoms with E-state index in [4.69, 9.17) is 4.74 Å². The SMILES string of the molecule is CCC(C)C(=O)OCC(CC(C)(C)O)C(C)(C)O. The predicted octanol–water partition coefficient (Wildman–Crippen LogP) is 2.12. The minimum absolute atomic E-state index is 0.130. The van der Waals surface area contributed by atoms with E-state index in [1.807, 2.05) is 13.8 Å². The molecule has 0 aliphatic rings. The zero-order valence-electron chi connectivity index (χ0n) is 12.5. The Balaban J connectivity index is 4.49. The maximum Gasteiger partial charge on any atom is 0.308 e. The van der Waals surface area contributed by atoms with Crippen molar-refractivity contribution in [3.05, 3.63) is 0 Å². The molecule has 0 amide bonds. The number of ether oxygens (including phenoxy) is 1. The molecule has 2 atom stereocenters. The third kappa shape index (κ3) is 6.97.